The first kappa shape index (κ1) is 37.9. The first-order chi connectivity index (χ1) is 20.6. The summed E-state index contributed by atoms with van der Waals surface area (Å²) in [5.74, 6) is -7.68. The van der Waals surface area contributed by atoms with E-state index in [1.807, 2.05) is 0 Å². The number of aliphatic hydroxyl groups excluding tert-OH is 2. The van der Waals surface area contributed by atoms with Crippen LogP contribution in [0.3, 0.4) is 0 Å². The summed E-state index contributed by atoms with van der Waals surface area (Å²) in [7, 11) is 0. The molecule has 2 rings (SSSR count). The van der Waals surface area contributed by atoms with E-state index < -0.39 is 104 Å². The van der Waals surface area contributed by atoms with Gasteiger partial charge in [0.1, 0.15) is 47.4 Å². The average molecular weight is 661 g/mol. The van der Waals surface area contributed by atoms with E-state index in [0.717, 1.165) is 13.8 Å². The van der Waals surface area contributed by atoms with Gasteiger partial charge in [0, 0.05) is 9.82 Å². The van der Waals surface area contributed by atoms with Crippen molar-refractivity contribution in [2.75, 3.05) is 0 Å². The lowest BCUT2D eigenvalue weighted by molar-refractivity contribution is -0.253. The number of aliphatic hydroxyl groups is 6. The van der Waals surface area contributed by atoms with Gasteiger partial charge in [-0.05, 0) is 52.6 Å². The number of ketones is 6. The maximum absolute atomic E-state index is 13.0. The van der Waals surface area contributed by atoms with E-state index in [2.05, 4.69) is 20.1 Å². The second kappa shape index (κ2) is 13.2. The zero-order valence-corrected chi connectivity index (χ0v) is 25.5. The number of hydrogen-bond acceptors (Lipinski definition) is 17. The Morgan fingerprint density at radius 3 is 1.09 bits per heavy atom. The largest absolute Gasteiger partial charge is 0.382 e. The summed E-state index contributed by atoms with van der Waals surface area (Å²) in [5.41, 5.74) is 0.657. The average Bonchev–Trinajstić information content (AvgIpc) is 2.94. The molecular formula is C24H32N6O14S. The predicted molar refractivity (Wildman–Crippen MR) is 147 cm³/mol. The summed E-state index contributed by atoms with van der Waals surface area (Å²) in [4.78, 5) is 80.7. The van der Waals surface area contributed by atoms with Crippen LogP contribution in [-0.4, -0.2) is 135 Å². The zero-order valence-electron chi connectivity index (χ0n) is 24.7. The Balaban J connectivity index is 2.98. The lowest BCUT2D eigenvalue weighted by Crippen LogP contribution is -2.79. The number of carbonyl (C=O) groups excluding carboxylic acids is 6. The topological polar surface area (TPSA) is 340 Å². The van der Waals surface area contributed by atoms with Crippen LogP contribution in [0.25, 0.3) is 20.9 Å². The number of nitrogens with zero attached hydrogens (tertiary/aromatic N) is 6. The quantitative estimate of drug-likeness (QED) is 0.0728. The van der Waals surface area contributed by atoms with E-state index in [-0.39, 0.29) is 11.8 Å². The number of azide groups is 2. The molecule has 2 saturated heterocycles. The fourth-order valence-electron chi connectivity index (χ4n) is 5.32. The summed E-state index contributed by atoms with van der Waals surface area (Å²) in [5, 5.41) is 74.0. The van der Waals surface area contributed by atoms with Crippen LogP contribution in [0.1, 0.15) is 41.5 Å². The van der Waals surface area contributed by atoms with Crippen molar-refractivity contribution in [2.45, 2.75) is 111 Å². The molecule has 0 aliphatic carbocycles. The summed E-state index contributed by atoms with van der Waals surface area (Å²) >= 11 is -0.0804. The molecule has 45 heavy (non-hydrogen) atoms. The molecule has 0 spiro atoms. The predicted octanol–water partition coefficient (Wildman–Crippen LogP) is -2.29. The third kappa shape index (κ3) is 5.77. The highest BCUT2D eigenvalue weighted by Gasteiger charge is 2.72. The molecule has 248 valence electrons. The highest BCUT2D eigenvalue weighted by Crippen LogP contribution is 2.51. The maximum Gasteiger partial charge on any atom is 0.170 e. The van der Waals surface area contributed by atoms with Crippen molar-refractivity contribution in [3.8, 4) is 0 Å². The molecule has 2 unspecified atom stereocenters. The van der Waals surface area contributed by atoms with Crippen molar-refractivity contribution < 1.29 is 68.9 Å². The molecule has 2 aliphatic heterocycles. The standard InChI is InChI=1S/C24H32N6O14S/c1-7(31)13(37)15-21(39,9(3)33)17(27-29-25)23(41,11(5)35)19(43-15)45-20-24(42,12(6)36)18(28-30-26)22(40,10(4)34)16(44-20)14(38)8(2)32/h13-20,37-42H,1-6H3/t13?,14?,15-,16-,17-,18-,19+,20+,21+,22+,23-,24-/m1/s1. The molecule has 12 atom stereocenters. The van der Waals surface area contributed by atoms with Gasteiger partial charge in [-0.15, -0.1) is 0 Å². The highest BCUT2D eigenvalue weighted by atomic mass is 32.2. The Morgan fingerprint density at radius 2 is 0.889 bits per heavy atom. The molecule has 2 fully saturated rings. The number of carbonyl (C=O) groups is 6. The molecule has 0 saturated carbocycles. The first-order valence-corrected chi connectivity index (χ1v) is 13.9. The van der Waals surface area contributed by atoms with Crippen LogP contribution < -0.4 is 0 Å². The minimum Gasteiger partial charge on any atom is -0.382 e. The van der Waals surface area contributed by atoms with Gasteiger partial charge >= 0.3 is 0 Å². The molecule has 0 bridgehead atoms. The van der Waals surface area contributed by atoms with Crippen LogP contribution in [0.5, 0.6) is 0 Å². The van der Waals surface area contributed by atoms with Crippen LogP contribution in [0.2, 0.25) is 0 Å². The first-order valence-electron chi connectivity index (χ1n) is 12.9. The Hall–Kier alpha value is -3.33. The van der Waals surface area contributed by atoms with Crippen LogP contribution in [-0.2, 0) is 38.2 Å². The van der Waals surface area contributed by atoms with Gasteiger partial charge in [0.2, 0.25) is 0 Å². The smallest absolute Gasteiger partial charge is 0.170 e. The van der Waals surface area contributed by atoms with Gasteiger partial charge in [-0.1, -0.05) is 22.0 Å². The van der Waals surface area contributed by atoms with E-state index >= 15 is 0 Å². The van der Waals surface area contributed by atoms with E-state index in [1.165, 1.54) is 0 Å². The highest BCUT2D eigenvalue weighted by molar-refractivity contribution is 8.00. The molecule has 0 aromatic carbocycles. The van der Waals surface area contributed by atoms with Gasteiger partial charge in [0.05, 0.1) is 0 Å². The number of Topliss-reactive ketones (excluding diaryl/α,β-unsaturated/α-hetero) is 6. The zero-order chi connectivity index (χ0) is 35.0. The third-order valence-corrected chi connectivity index (χ3v) is 9.47. The van der Waals surface area contributed by atoms with Gasteiger partial charge in [-0.25, -0.2) is 0 Å². The summed E-state index contributed by atoms with van der Waals surface area (Å²) in [6, 6.07) is -5.13. The van der Waals surface area contributed by atoms with E-state index in [9.17, 15) is 70.5 Å². The molecule has 0 aromatic heterocycles. The summed E-state index contributed by atoms with van der Waals surface area (Å²) in [6.45, 7) is 4.41. The Kier molecular flexibility index (Phi) is 11.1. The fourth-order valence-corrected chi connectivity index (χ4v) is 6.92. The summed E-state index contributed by atoms with van der Waals surface area (Å²) < 4.78 is 11.1. The van der Waals surface area contributed by atoms with Crippen LogP contribution >= 0.6 is 11.8 Å². The van der Waals surface area contributed by atoms with Crippen LogP contribution in [0.15, 0.2) is 10.2 Å². The molecule has 21 heteroatoms. The Labute approximate surface area is 257 Å². The minimum absolute atomic E-state index is 0.0804. The van der Waals surface area contributed by atoms with Crippen LogP contribution in [0, 0.1) is 0 Å². The van der Waals surface area contributed by atoms with Gasteiger partial charge in [0.15, 0.2) is 57.1 Å². The number of ether oxygens (including phenoxy) is 2. The van der Waals surface area contributed by atoms with Crippen LogP contribution in [0.4, 0.5) is 0 Å². The molecule has 20 nitrogen and oxygen atoms in total. The van der Waals surface area contributed by atoms with Crippen molar-refractivity contribution in [1.82, 2.24) is 0 Å². The lowest BCUT2D eigenvalue weighted by Gasteiger charge is -2.56. The minimum atomic E-state index is -3.30. The van der Waals surface area contributed by atoms with Crippen molar-refractivity contribution in [3.05, 3.63) is 20.9 Å². The summed E-state index contributed by atoms with van der Waals surface area (Å²) in [6.07, 6.45) is -9.57. The fraction of sp³-hybridized carbons (Fsp3) is 0.750. The van der Waals surface area contributed by atoms with Crippen molar-refractivity contribution in [3.63, 3.8) is 0 Å². The van der Waals surface area contributed by atoms with Gasteiger partial charge < -0.3 is 40.1 Å². The lowest BCUT2D eigenvalue weighted by atomic mass is 9.70. The maximum atomic E-state index is 13.0. The normalized spacial score (nSPS) is 39.3. The third-order valence-electron chi connectivity index (χ3n) is 8.04. The van der Waals surface area contributed by atoms with Crippen molar-refractivity contribution in [1.29, 1.82) is 0 Å². The van der Waals surface area contributed by atoms with E-state index in [4.69, 9.17) is 9.47 Å². The van der Waals surface area contributed by atoms with Gasteiger partial charge in [0.25, 0.3) is 0 Å². The van der Waals surface area contributed by atoms with Gasteiger partial charge in [-0.2, -0.15) is 0 Å². The molecule has 6 N–H and O–H groups in total. The molecule has 2 aliphatic rings. The number of thioether (sulfide) groups is 1. The Morgan fingerprint density at radius 1 is 0.622 bits per heavy atom. The molecule has 0 radical (unpaired) electrons. The second-order valence-corrected chi connectivity index (χ2v) is 11.9. The SMILES string of the molecule is CC(=O)C(O)[C@H]1O[C@@H](S[C@@H]2O[C@H](C(O)C(C)=O)[C@@](O)(C(C)=O)[C@@H](N=[N+]=[N-])[C@]2(O)C(C)=O)[C@@](O)(C(C)=O)[C@H](N=[N+]=[N-])[C@]1(O)C(C)=O. The van der Waals surface area contributed by atoms with E-state index in [1.54, 1.807) is 0 Å². The monoisotopic (exact) mass is 660 g/mol. The molecule has 0 amide bonds. The number of rotatable bonds is 12. The van der Waals surface area contributed by atoms with Gasteiger partial charge in [-0.3, -0.25) is 28.8 Å². The number of hydrogen-bond donors (Lipinski definition) is 6. The second-order valence-electron chi connectivity index (χ2n) is 10.8. The Bertz CT molecular complexity index is 1300. The van der Waals surface area contributed by atoms with Crippen molar-refractivity contribution >= 4 is 46.5 Å². The van der Waals surface area contributed by atoms with Crippen molar-refractivity contribution in [2.24, 2.45) is 10.2 Å². The molecular weight excluding hydrogens is 628 g/mol. The van der Waals surface area contributed by atoms with E-state index in [0.29, 0.717) is 27.7 Å². The molecule has 2 heterocycles. The molecule has 0 aromatic rings.